The molecule has 1 saturated heterocycles. The van der Waals surface area contributed by atoms with Crippen LogP contribution in [0.15, 0.2) is 18.7 Å². The van der Waals surface area contributed by atoms with Crippen molar-refractivity contribution in [2.45, 2.75) is 13.0 Å². The molecule has 20 heavy (non-hydrogen) atoms. The van der Waals surface area contributed by atoms with Gasteiger partial charge in [-0.25, -0.2) is 4.98 Å². The molecule has 1 N–H and O–H groups in total. The first-order valence-electron chi connectivity index (χ1n) is 6.09. The number of imidazole rings is 1. The van der Waals surface area contributed by atoms with Crippen molar-refractivity contribution < 1.29 is 4.79 Å². The number of rotatable bonds is 2. The molecule has 8 nitrogen and oxygen atoms in total. The van der Waals surface area contributed by atoms with Crippen molar-refractivity contribution in [2.24, 2.45) is 0 Å². The van der Waals surface area contributed by atoms with Gasteiger partial charge in [0.15, 0.2) is 0 Å². The molecule has 2 aromatic rings. The van der Waals surface area contributed by atoms with Gasteiger partial charge >= 0.3 is 0 Å². The van der Waals surface area contributed by atoms with Crippen LogP contribution < -0.4 is 10.2 Å². The molecule has 9 heteroatoms. The number of halogens is 1. The van der Waals surface area contributed by atoms with Crippen LogP contribution in [0.2, 0.25) is 5.28 Å². The Morgan fingerprint density at radius 2 is 2.15 bits per heavy atom. The fourth-order valence-corrected chi connectivity index (χ4v) is 2.16. The van der Waals surface area contributed by atoms with Gasteiger partial charge in [0.2, 0.25) is 23.1 Å². The summed E-state index contributed by atoms with van der Waals surface area (Å²) in [6.07, 6.45) is 4.90. The smallest absolute Gasteiger partial charge is 0.242 e. The highest BCUT2D eigenvalue weighted by Gasteiger charge is 2.28. The number of carbonyl (C=O) groups excluding carboxylic acids is 1. The molecule has 0 spiro atoms. The topological polar surface area (TPSA) is 88.8 Å². The average molecular weight is 294 g/mol. The lowest BCUT2D eigenvalue weighted by Gasteiger charge is -2.32. The van der Waals surface area contributed by atoms with Gasteiger partial charge in [-0.2, -0.15) is 15.0 Å². The summed E-state index contributed by atoms with van der Waals surface area (Å²) in [4.78, 5) is 30.0. The third-order valence-electron chi connectivity index (χ3n) is 3.08. The minimum Gasteiger partial charge on any atom is -0.353 e. The number of nitrogens with one attached hydrogen (secondary N) is 1. The normalized spacial score (nSPS) is 19.0. The molecule has 1 fully saturated rings. The van der Waals surface area contributed by atoms with Gasteiger partial charge in [-0.15, -0.1) is 0 Å². The zero-order valence-corrected chi connectivity index (χ0v) is 11.4. The predicted octanol–water partition coefficient (Wildman–Crippen LogP) is 0.0354. The molecule has 2 aromatic heterocycles. The Morgan fingerprint density at radius 1 is 1.35 bits per heavy atom. The van der Waals surface area contributed by atoms with Crippen LogP contribution in [0.1, 0.15) is 6.92 Å². The van der Waals surface area contributed by atoms with E-state index in [-0.39, 0.29) is 17.2 Å². The second kappa shape index (κ2) is 5.04. The second-order valence-corrected chi connectivity index (χ2v) is 4.67. The summed E-state index contributed by atoms with van der Waals surface area (Å²) >= 11 is 5.95. The van der Waals surface area contributed by atoms with Crippen molar-refractivity contribution in [3.63, 3.8) is 0 Å². The third kappa shape index (κ3) is 2.29. The van der Waals surface area contributed by atoms with E-state index in [9.17, 15) is 4.79 Å². The zero-order chi connectivity index (χ0) is 14.1. The van der Waals surface area contributed by atoms with Crippen LogP contribution in [0.3, 0.4) is 0 Å². The summed E-state index contributed by atoms with van der Waals surface area (Å²) in [5.74, 6) is 0.698. The van der Waals surface area contributed by atoms with Gasteiger partial charge in [-0.1, -0.05) is 0 Å². The molecule has 3 heterocycles. The van der Waals surface area contributed by atoms with Crippen molar-refractivity contribution in [1.29, 1.82) is 0 Å². The van der Waals surface area contributed by atoms with E-state index in [0.717, 1.165) is 0 Å². The maximum Gasteiger partial charge on any atom is 0.242 e. The van der Waals surface area contributed by atoms with E-state index in [1.165, 1.54) is 0 Å². The Balaban J connectivity index is 1.99. The molecule has 0 aliphatic carbocycles. The number of aromatic nitrogens is 5. The summed E-state index contributed by atoms with van der Waals surface area (Å²) < 4.78 is 1.63. The number of hydrogen-bond donors (Lipinski definition) is 1. The van der Waals surface area contributed by atoms with Gasteiger partial charge in [-0.05, 0) is 18.5 Å². The highest BCUT2D eigenvalue weighted by molar-refractivity contribution is 6.28. The third-order valence-corrected chi connectivity index (χ3v) is 3.24. The minimum atomic E-state index is -0.349. The van der Waals surface area contributed by atoms with Crippen LogP contribution in [-0.4, -0.2) is 49.5 Å². The molecule has 1 unspecified atom stereocenters. The predicted molar refractivity (Wildman–Crippen MR) is 71.8 cm³/mol. The summed E-state index contributed by atoms with van der Waals surface area (Å²) in [6.45, 7) is 2.96. The molecule has 0 radical (unpaired) electrons. The molecule has 1 aliphatic rings. The van der Waals surface area contributed by atoms with E-state index in [0.29, 0.717) is 25.0 Å². The number of carbonyl (C=O) groups is 1. The van der Waals surface area contributed by atoms with Crippen molar-refractivity contribution in [3.05, 3.63) is 24.0 Å². The first kappa shape index (κ1) is 12.8. The highest BCUT2D eigenvalue weighted by Crippen LogP contribution is 2.17. The maximum absolute atomic E-state index is 11.7. The van der Waals surface area contributed by atoms with Crippen molar-refractivity contribution in [3.8, 4) is 5.95 Å². The fourth-order valence-electron chi connectivity index (χ4n) is 2.01. The molecule has 1 atom stereocenters. The van der Waals surface area contributed by atoms with E-state index < -0.39 is 0 Å². The van der Waals surface area contributed by atoms with E-state index in [2.05, 4.69) is 25.3 Å². The number of nitrogens with zero attached hydrogens (tertiary/aromatic N) is 6. The summed E-state index contributed by atoms with van der Waals surface area (Å²) in [6, 6.07) is -0.349. The van der Waals surface area contributed by atoms with Crippen LogP contribution in [0.5, 0.6) is 0 Å². The maximum atomic E-state index is 11.7. The molecule has 104 valence electrons. The van der Waals surface area contributed by atoms with Gasteiger partial charge in [-0.3, -0.25) is 9.36 Å². The first-order valence-corrected chi connectivity index (χ1v) is 6.47. The van der Waals surface area contributed by atoms with Crippen LogP contribution in [0, 0.1) is 0 Å². The monoisotopic (exact) mass is 293 g/mol. The lowest BCUT2D eigenvalue weighted by molar-refractivity contribution is -0.122. The minimum absolute atomic E-state index is 0.0584. The standard InChI is InChI=1S/C11H12ClN7O/c1-7-8(20)14-3-5-19(7)11-16-9(12)15-10(17-11)18-4-2-13-6-18/h2,4,6-7H,3,5H2,1H3,(H,14,20). The van der Waals surface area contributed by atoms with E-state index in [1.807, 2.05) is 0 Å². The van der Waals surface area contributed by atoms with E-state index in [1.54, 1.807) is 35.1 Å². The molecular weight excluding hydrogens is 282 g/mol. The molecule has 0 saturated carbocycles. The Bertz CT molecular complexity index is 630. The molecule has 0 aromatic carbocycles. The molecule has 1 aliphatic heterocycles. The molecule has 0 bridgehead atoms. The van der Waals surface area contributed by atoms with Gasteiger partial charge in [0.25, 0.3) is 0 Å². The van der Waals surface area contributed by atoms with Crippen LogP contribution in [0.25, 0.3) is 5.95 Å². The summed E-state index contributed by atoms with van der Waals surface area (Å²) in [5, 5.41) is 2.87. The van der Waals surface area contributed by atoms with Crippen molar-refractivity contribution in [1.82, 2.24) is 29.8 Å². The Labute approximate surface area is 119 Å². The van der Waals surface area contributed by atoms with E-state index in [4.69, 9.17) is 11.6 Å². The Kier molecular flexibility index (Phi) is 3.23. The van der Waals surface area contributed by atoms with Gasteiger partial charge in [0.1, 0.15) is 12.4 Å². The Morgan fingerprint density at radius 3 is 2.90 bits per heavy atom. The SMILES string of the molecule is CC1C(=O)NCCN1c1nc(Cl)nc(-n2ccnc2)n1. The van der Waals surface area contributed by atoms with Crippen LogP contribution >= 0.6 is 11.6 Å². The fraction of sp³-hybridized carbons (Fsp3) is 0.364. The van der Waals surface area contributed by atoms with Gasteiger partial charge in [0.05, 0.1) is 0 Å². The van der Waals surface area contributed by atoms with Crippen molar-refractivity contribution >= 4 is 23.5 Å². The number of amides is 1. The molecular formula is C11H12ClN7O. The zero-order valence-electron chi connectivity index (χ0n) is 10.7. The summed E-state index contributed by atoms with van der Waals surface area (Å²) in [7, 11) is 0. The number of piperazine rings is 1. The van der Waals surface area contributed by atoms with Gasteiger partial charge in [0, 0.05) is 25.5 Å². The Hall–Kier alpha value is -2.22. The van der Waals surface area contributed by atoms with Crippen molar-refractivity contribution in [2.75, 3.05) is 18.0 Å². The number of hydrogen-bond acceptors (Lipinski definition) is 6. The summed E-state index contributed by atoms with van der Waals surface area (Å²) in [5.41, 5.74) is 0. The average Bonchev–Trinajstić information content (AvgIpc) is 2.95. The first-order chi connectivity index (χ1) is 9.65. The highest BCUT2D eigenvalue weighted by atomic mass is 35.5. The number of anilines is 1. The quantitative estimate of drug-likeness (QED) is 0.841. The lowest BCUT2D eigenvalue weighted by Crippen LogP contribution is -2.54. The molecule has 3 rings (SSSR count). The lowest BCUT2D eigenvalue weighted by atomic mass is 10.2. The van der Waals surface area contributed by atoms with Crippen LogP contribution in [0.4, 0.5) is 5.95 Å². The second-order valence-electron chi connectivity index (χ2n) is 4.33. The largest absolute Gasteiger partial charge is 0.353 e. The van der Waals surface area contributed by atoms with Crippen LogP contribution in [-0.2, 0) is 4.79 Å². The molecule has 1 amide bonds. The van der Waals surface area contributed by atoms with E-state index >= 15 is 0 Å². The van der Waals surface area contributed by atoms with Gasteiger partial charge < -0.3 is 10.2 Å².